The van der Waals surface area contributed by atoms with Gasteiger partial charge >= 0.3 is 5.97 Å². The predicted octanol–water partition coefficient (Wildman–Crippen LogP) is 2.45. The topological polar surface area (TPSA) is 60.2 Å². The van der Waals surface area contributed by atoms with Crippen molar-refractivity contribution in [2.24, 2.45) is 11.8 Å². The Bertz CT molecular complexity index is 799. The van der Waals surface area contributed by atoms with Gasteiger partial charge in [0, 0.05) is 25.5 Å². The van der Waals surface area contributed by atoms with E-state index in [2.05, 4.69) is 22.1 Å². The molecule has 5 rings (SSSR count). The van der Waals surface area contributed by atoms with E-state index in [4.69, 9.17) is 9.72 Å². The van der Waals surface area contributed by atoms with Gasteiger partial charge in [-0.05, 0) is 49.7 Å². The summed E-state index contributed by atoms with van der Waals surface area (Å²) in [4.78, 5) is 19.0. The summed E-state index contributed by atoms with van der Waals surface area (Å²) in [6.45, 7) is 4.49. The van der Waals surface area contributed by atoms with Gasteiger partial charge in [0.2, 0.25) is 0 Å². The van der Waals surface area contributed by atoms with E-state index in [1.165, 1.54) is 12.0 Å². The van der Waals surface area contributed by atoms with Crippen molar-refractivity contribution in [1.82, 2.24) is 14.8 Å². The molecule has 6 nitrogen and oxygen atoms in total. The average molecular weight is 338 g/mol. The lowest BCUT2D eigenvalue weighted by molar-refractivity contribution is 0.0526. The summed E-state index contributed by atoms with van der Waals surface area (Å²) < 4.78 is 6.96. The van der Waals surface area contributed by atoms with Crippen molar-refractivity contribution in [1.29, 1.82) is 0 Å². The van der Waals surface area contributed by atoms with Crippen LogP contribution in [0, 0.1) is 11.8 Å². The van der Waals surface area contributed by atoms with Gasteiger partial charge in [-0.2, -0.15) is 5.10 Å². The van der Waals surface area contributed by atoms with Crippen LogP contribution in [0.25, 0.3) is 0 Å². The fourth-order valence-corrected chi connectivity index (χ4v) is 4.08. The van der Waals surface area contributed by atoms with Crippen LogP contribution in [0.2, 0.25) is 0 Å². The highest BCUT2D eigenvalue weighted by Gasteiger charge is 2.48. The van der Waals surface area contributed by atoms with E-state index in [0.29, 0.717) is 12.2 Å². The Morgan fingerprint density at radius 3 is 2.72 bits per heavy atom. The minimum Gasteiger partial charge on any atom is -0.462 e. The number of hydrogen-bond acceptors (Lipinski definition) is 5. The van der Waals surface area contributed by atoms with Crippen LogP contribution >= 0.6 is 0 Å². The highest BCUT2D eigenvalue weighted by molar-refractivity contribution is 5.88. The maximum absolute atomic E-state index is 11.9. The van der Waals surface area contributed by atoms with Gasteiger partial charge in [-0.3, -0.25) is 4.68 Å². The van der Waals surface area contributed by atoms with E-state index < -0.39 is 0 Å². The first-order valence-corrected chi connectivity index (χ1v) is 9.13. The molecule has 130 valence electrons. The second-order valence-corrected chi connectivity index (χ2v) is 7.49. The van der Waals surface area contributed by atoms with Crippen molar-refractivity contribution in [3.63, 3.8) is 0 Å². The molecule has 0 aromatic carbocycles. The number of carbonyl (C=O) groups is 1. The third-order valence-corrected chi connectivity index (χ3v) is 5.84. The summed E-state index contributed by atoms with van der Waals surface area (Å²) >= 11 is 0. The molecule has 3 aliphatic rings. The minimum absolute atomic E-state index is 0.149. The van der Waals surface area contributed by atoms with E-state index in [1.54, 1.807) is 12.4 Å². The molecular weight excluding hydrogens is 316 g/mol. The number of piperidine rings is 1. The molecule has 0 radical (unpaired) electrons. The molecule has 3 heterocycles. The number of anilines is 1. The molecule has 2 aromatic heterocycles. The molecule has 6 heteroatoms. The number of hydrogen-bond donors (Lipinski definition) is 0. The van der Waals surface area contributed by atoms with Crippen molar-refractivity contribution in [2.45, 2.75) is 31.7 Å². The maximum Gasteiger partial charge on any atom is 0.341 e. The zero-order valence-electron chi connectivity index (χ0n) is 14.4. The zero-order valence-corrected chi connectivity index (χ0v) is 14.4. The smallest absolute Gasteiger partial charge is 0.341 e. The van der Waals surface area contributed by atoms with Crippen LogP contribution in [0.5, 0.6) is 0 Å². The quantitative estimate of drug-likeness (QED) is 0.784. The lowest BCUT2D eigenvalue weighted by Crippen LogP contribution is -2.24. The van der Waals surface area contributed by atoms with Gasteiger partial charge in [-0.25, -0.2) is 9.78 Å². The van der Waals surface area contributed by atoms with Crippen molar-refractivity contribution in [3.05, 3.63) is 41.9 Å². The van der Waals surface area contributed by atoms with Gasteiger partial charge in [-0.15, -0.1) is 0 Å². The molecule has 0 N–H and O–H groups in total. The van der Waals surface area contributed by atoms with E-state index in [-0.39, 0.29) is 11.5 Å². The second-order valence-electron chi connectivity index (χ2n) is 7.49. The zero-order chi connectivity index (χ0) is 17.0. The Balaban J connectivity index is 1.36. The second kappa shape index (κ2) is 5.31. The first-order valence-electron chi connectivity index (χ1n) is 9.13. The number of nitrogens with zero attached hydrogens (tertiary/aromatic N) is 4. The molecule has 1 saturated heterocycles. The van der Waals surface area contributed by atoms with Crippen molar-refractivity contribution in [2.75, 3.05) is 24.6 Å². The predicted molar refractivity (Wildman–Crippen MR) is 92.5 cm³/mol. The Labute approximate surface area is 146 Å². The third kappa shape index (κ3) is 2.42. The van der Waals surface area contributed by atoms with Crippen LogP contribution in [0.1, 0.15) is 42.1 Å². The fraction of sp³-hybridized carbons (Fsp3) is 0.526. The van der Waals surface area contributed by atoms with Gasteiger partial charge in [0.05, 0.1) is 23.9 Å². The molecule has 0 amide bonds. The van der Waals surface area contributed by atoms with Crippen molar-refractivity contribution >= 4 is 11.8 Å². The van der Waals surface area contributed by atoms with Crippen LogP contribution in [0.3, 0.4) is 0 Å². The summed E-state index contributed by atoms with van der Waals surface area (Å²) in [5.74, 6) is 2.58. The molecule has 2 saturated carbocycles. The molecule has 3 fully saturated rings. The first-order chi connectivity index (χ1) is 12.2. The van der Waals surface area contributed by atoms with Gasteiger partial charge < -0.3 is 9.64 Å². The Kier molecular flexibility index (Phi) is 3.17. The van der Waals surface area contributed by atoms with E-state index >= 15 is 0 Å². The monoisotopic (exact) mass is 338 g/mol. The molecule has 2 unspecified atom stereocenters. The van der Waals surface area contributed by atoms with Gasteiger partial charge in [0.25, 0.3) is 0 Å². The van der Waals surface area contributed by atoms with Gasteiger partial charge in [0.1, 0.15) is 5.82 Å². The molecule has 2 atom stereocenters. The molecule has 25 heavy (non-hydrogen) atoms. The summed E-state index contributed by atoms with van der Waals surface area (Å²) in [5.41, 5.74) is 1.52. The highest BCUT2D eigenvalue weighted by atomic mass is 16.5. The number of carbonyl (C=O) groups excluding carboxylic acids is 1. The first kappa shape index (κ1) is 14.9. The number of pyridine rings is 1. The summed E-state index contributed by atoms with van der Waals surface area (Å²) in [7, 11) is 0. The van der Waals surface area contributed by atoms with Crippen LogP contribution in [0.15, 0.2) is 30.7 Å². The molecule has 2 aromatic rings. The van der Waals surface area contributed by atoms with Crippen LogP contribution in [-0.2, 0) is 10.3 Å². The standard InChI is InChI=1S/C19H22N4O2/c1-2-25-18(24)15-8-21-23(12-15)19(5-6-19)16-3-4-17(20-9-16)22-10-13-7-14(13)11-22/h3-4,8-9,12-14H,2,5-7,10-11H2,1H3. The lowest BCUT2D eigenvalue weighted by atomic mass is 10.1. The molecule has 2 aliphatic carbocycles. The number of aromatic nitrogens is 3. The fourth-order valence-electron chi connectivity index (χ4n) is 4.08. The van der Waals surface area contributed by atoms with Gasteiger partial charge in [-0.1, -0.05) is 6.07 Å². The number of rotatable bonds is 5. The molecule has 0 bridgehead atoms. The Hall–Kier alpha value is -2.37. The summed E-state index contributed by atoms with van der Waals surface area (Å²) in [6.07, 6.45) is 8.82. The third-order valence-electron chi connectivity index (χ3n) is 5.84. The lowest BCUT2D eigenvalue weighted by Gasteiger charge is -2.21. The highest BCUT2D eigenvalue weighted by Crippen LogP contribution is 2.49. The minimum atomic E-state index is -0.314. The van der Waals surface area contributed by atoms with Crippen molar-refractivity contribution < 1.29 is 9.53 Å². The number of ether oxygens (including phenoxy) is 1. The van der Waals surface area contributed by atoms with Gasteiger partial charge in [0.15, 0.2) is 0 Å². The normalized spacial score (nSPS) is 25.6. The van der Waals surface area contributed by atoms with E-state index in [1.807, 2.05) is 17.8 Å². The SMILES string of the molecule is CCOC(=O)c1cnn(C2(c3ccc(N4CC5CC5C4)nc3)CC2)c1. The molecule has 1 aliphatic heterocycles. The van der Waals surface area contributed by atoms with Crippen molar-refractivity contribution in [3.8, 4) is 0 Å². The van der Waals surface area contributed by atoms with E-state index in [9.17, 15) is 4.79 Å². The molecular formula is C19H22N4O2. The summed E-state index contributed by atoms with van der Waals surface area (Å²) in [6, 6.07) is 4.31. The Morgan fingerprint density at radius 1 is 1.28 bits per heavy atom. The van der Waals surface area contributed by atoms with E-state index in [0.717, 1.165) is 43.6 Å². The van der Waals surface area contributed by atoms with Crippen LogP contribution in [0.4, 0.5) is 5.82 Å². The summed E-state index contributed by atoms with van der Waals surface area (Å²) in [5, 5.41) is 4.42. The maximum atomic E-state index is 11.9. The van der Waals surface area contributed by atoms with Crippen LogP contribution in [-0.4, -0.2) is 40.4 Å². The average Bonchev–Trinajstić information content (AvgIpc) is 3.49. The number of esters is 1. The number of fused-ring (bicyclic) bond motifs is 1. The van der Waals surface area contributed by atoms with Crippen LogP contribution < -0.4 is 4.90 Å². The largest absolute Gasteiger partial charge is 0.462 e. The molecule has 0 spiro atoms. The Morgan fingerprint density at radius 2 is 2.08 bits per heavy atom.